The van der Waals surface area contributed by atoms with Crippen molar-refractivity contribution in [3.8, 4) is 0 Å². The highest BCUT2D eigenvalue weighted by Crippen LogP contribution is 2.35. The minimum atomic E-state index is -3.13. The highest BCUT2D eigenvalue weighted by molar-refractivity contribution is 7.90. The van der Waals surface area contributed by atoms with E-state index in [1.165, 1.54) is 0 Å². The lowest BCUT2D eigenvalue weighted by molar-refractivity contribution is -0.128. The van der Waals surface area contributed by atoms with E-state index in [1.807, 2.05) is 0 Å². The number of amides is 1. The Kier molecular flexibility index (Phi) is 5.79. The fraction of sp³-hybridized carbons (Fsp3) is 0.833. The first-order valence-corrected chi connectivity index (χ1v) is 8.82. The summed E-state index contributed by atoms with van der Waals surface area (Å²) in [6.07, 6.45) is 5.84. The van der Waals surface area contributed by atoms with Crippen molar-refractivity contribution >= 4 is 21.6 Å². The third-order valence-electron chi connectivity index (χ3n) is 3.75. The first-order chi connectivity index (χ1) is 9.32. The molecule has 1 saturated carbocycles. The zero-order chi connectivity index (χ0) is 15.2. The summed E-state index contributed by atoms with van der Waals surface area (Å²) < 4.78 is 22.1. The maximum atomic E-state index is 12.4. The molecule has 1 fully saturated rings. The van der Waals surface area contributed by atoms with Crippen LogP contribution < -0.4 is 11.1 Å². The van der Waals surface area contributed by atoms with Crippen molar-refractivity contribution in [2.45, 2.75) is 38.5 Å². The molecule has 8 heteroatoms. The van der Waals surface area contributed by atoms with Crippen LogP contribution in [0, 0.1) is 5.41 Å². The maximum Gasteiger partial charge on any atom is 0.233 e. The molecule has 116 valence electrons. The van der Waals surface area contributed by atoms with Gasteiger partial charge in [0.2, 0.25) is 5.91 Å². The van der Waals surface area contributed by atoms with E-state index in [0.717, 1.165) is 31.9 Å². The van der Waals surface area contributed by atoms with E-state index < -0.39 is 15.3 Å². The van der Waals surface area contributed by atoms with Gasteiger partial charge >= 0.3 is 0 Å². The Morgan fingerprint density at radius 1 is 1.30 bits per heavy atom. The van der Waals surface area contributed by atoms with Gasteiger partial charge in [0, 0.05) is 12.8 Å². The van der Waals surface area contributed by atoms with Crippen LogP contribution in [0.25, 0.3) is 0 Å². The van der Waals surface area contributed by atoms with E-state index in [1.54, 1.807) is 0 Å². The second kappa shape index (κ2) is 6.92. The lowest BCUT2D eigenvalue weighted by Gasteiger charge is -2.29. The van der Waals surface area contributed by atoms with E-state index in [9.17, 15) is 13.2 Å². The predicted octanol–water partition coefficient (Wildman–Crippen LogP) is 0.234. The van der Waals surface area contributed by atoms with Crippen molar-refractivity contribution < 1.29 is 18.4 Å². The van der Waals surface area contributed by atoms with Gasteiger partial charge in [-0.1, -0.05) is 30.8 Å². The zero-order valence-electron chi connectivity index (χ0n) is 11.8. The first kappa shape index (κ1) is 16.7. The standard InChI is InChI=1S/C12H23N3O4S/c1-20(18,19)9-8-14-11(16)12(10(13)15-17)6-4-2-3-5-7-12/h17H,2-9H2,1H3,(H2,13,15)(H,14,16). The van der Waals surface area contributed by atoms with Crippen LogP contribution >= 0.6 is 0 Å². The SMILES string of the molecule is CS(=O)(=O)CCNC(=O)C1(C(N)=NO)CCCCCC1. The monoisotopic (exact) mass is 305 g/mol. The van der Waals surface area contributed by atoms with Crippen LogP contribution in [0.5, 0.6) is 0 Å². The van der Waals surface area contributed by atoms with Crippen molar-refractivity contribution in [3.05, 3.63) is 0 Å². The third-order valence-corrected chi connectivity index (χ3v) is 4.69. The normalized spacial score (nSPS) is 20.1. The Morgan fingerprint density at radius 2 is 1.85 bits per heavy atom. The largest absolute Gasteiger partial charge is 0.409 e. The number of hydrogen-bond acceptors (Lipinski definition) is 5. The highest BCUT2D eigenvalue weighted by Gasteiger charge is 2.42. The number of nitrogens with one attached hydrogen (secondary N) is 1. The number of carbonyl (C=O) groups is 1. The van der Waals surface area contributed by atoms with Crippen LogP contribution in [0.4, 0.5) is 0 Å². The van der Waals surface area contributed by atoms with Crippen molar-refractivity contribution in [2.75, 3.05) is 18.6 Å². The fourth-order valence-electron chi connectivity index (χ4n) is 2.55. The van der Waals surface area contributed by atoms with E-state index in [4.69, 9.17) is 10.9 Å². The van der Waals surface area contributed by atoms with Crippen LogP contribution in [-0.2, 0) is 14.6 Å². The van der Waals surface area contributed by atoms with E-state index in [-0.39, 0.29) is 24.0 Å². The molecule has 0 heterocycles. The molecule has 0 aliphatic heterocycles. The molecule has 0 unspecified atom stereocenters. The summed E-state index contributed by atoms with van der Waals surface area (Å²) in [4.78, 5) is 12.4. The summed E-state index contributed by atoms with van der Waals surface area (Å²) in [6.45, 7) is 0.0398. The summed E-state index contributed by atoms with van der Waals surface area (Å²) in [5.74, 6) is -0.556. The van der Waals surface area contributed by atoms with Crippen LogP contribution in [0.1, 0.15) is 38.5 Å². The van der Waals surface area contributed by atoms with E-state index in [0.29, 0.717) is 12.8 Å². The van der Waals surface area contributed by atoms with Crippen LogP contribution in [0.15, 0.2) is 5.16 Å². The van der Waals surface area contributed by atoms with Crippen molar-refractivity contribution in [1.82, 2.24) is 5.32 Å². The molecule has 0 saturated heterocycles. The van der Waals surface area contributed by atoms with Gasteiger partial charge in [-0.3, -0.25) is 4.79 Å². The average molecular weight is 305 g/mol. The Morgan fingerprint density at radius 3 is 2.30 bits per heavy atom. The third kappa shape index (κ3) is 4.36. The molecule has 7 nitrogen and oxygen atoms in total. The molecule has 1 aliphatic rings. The molecular formula is C12H23N3O4S. The number of oxime groups is 1. The second-order valence-electron chi connectivity index (χ2n) is 5.37. The van der Waals surface area contributed by atoms with Gasteiger partial charge in [0.15, 0.2) is 5.84 Å². The molecule has 20 heavy (non-hydrogen) atoms. The molecule has 0 atom stereocenters. The second-order valence-corrected chi connectivity index (χ2v) is 7.63. The molecule has 4 N–H and O–H groups in total. The van der Waals surface area contributed by atoms with Gasteiger partial charge < -0.3 is 16.3 Å². The molecule has 1 amide bonds. The number of nitrogens with two attached hydrogens (primary N) is 1. The van der Waals surface area contributed by atoms with Crippen molar-refractivity contribution in [1.29, 1.82) is 0 Å². The minimum Gasteiger partial charge on any atom is -0.409 e. The molecule has 0 radical (unpaired) electrons. The molecule has 0 aromatic rings. The average Bonchev–Trinajstić information content (AvgIpc) is 2.62. The van der Waals surface area contributed by atoms with Gasteiger partial charge in [-0.05, 0) is 12.8 Å². The molecule has 1 rings (SSSR count). The number of sulfone groups is 1. The summed E-state index contributed by atoms with van der Waals surface area (Å²) in [7, 11) is -3.13. The summed E-state index contributed by atoms with van der Waals surface area (Å²) in [5, 5.41) is 14.6. The van der Waals surface area contributed by atoms with Crippen LogP contribution in [0.3, 0.4) is 0 Å². The van der Waals surface area contributed by atoms with Gasteiger partial charge in [0.05, 0.1) is 5.75 Å². The number of hydrogen-bond donors (Lipinski definition) is 3. The number of nitrogens with zero attached hydrogens (tertiary/aromatic N) is 1. The Hall–Kier alpha value is -1.31. The number of carbonyl (C=O) groups excluding carboxylic acids is 1. The molecule has 0 aromatic carbocycles. The first-order valence-electron chi connectivity index (χ1n) is 6.76. The topological polar surface area (TPSA) is 122 Å². The molecule has 0 spiro atoms. The van der Waals surface area contributed by atoms with Gasteiger partial charge in [0.1, 0.15) is 15.3 Å². The predicted molar refractivity (Wildman–Crippen MR) is 76.3 cm³/mol. The minimum absolute atomic E-state index is 0.0398. The van der Waals surface area contributed by atoms with Crippen LogP contribution in [0.2, 0.25) is 0 Å². The van der Waals surface area contributed by atoms with Crippen molar-refractivity contribution in [2.24, 2.45) is 16.3 Å². The summed E-state index contributed by atoms with van der Waals surface area (Å²) in [5.41, 5.74) is 4.72. The summed E-state index contributed by atoms with van der Waals surface area (Å²) >= 11 is 0. The Labute approximate surface area is 119 Å². The quantitative estimate of drug-likeness (QED) is 0.221. The van der Waals surface area contributed by atoms with Gasteiger partial charge in [-0.15, -0.1) is 0 Å². The van der Waals surface area contributed by atoms with Crippen LogP contribution in [-0.4, -0.2) is 43.9 Å². The molecule has 1 aliphatic carbocycles. The lowest BCUT2D eigenvalue weighted by atomic mass is 9.78. The maximum absolute atomic E-state index is 12.4. The van der Waals surface area contributed by atoms with Gasteiger partial charge in [0.25, 0.3) is 0 Å². The van der Waals surface area contributed by atoms with E-state index >= 15 is 0 Å². The zero-order valence-corrected chi connectivity index (χ0v) is 12.6. The summed E-state index contributed by atoms with van der Waals surface area (Å²) in [6, 6.07) is 0. The highest BCUT2D eigenvalue weighted by atomic mass is 32.2. The molecule has 0 aromatic heterocycles. The fourth-order valence-corrected chi connectivity index (χ4v) is 3.02. The van der Waals surface area contributed by atoms with Crippen molar-refractivity contribution in [3.63, 3.8) is 0 Å². The van der Waals surface area contributed by atoms with Gasteiger partial charge in [-0.25, -0.2) is 8.42 Å². The lowest BCUT2D eigenvalue weighted by Crippen LogP contribution is -2.50. The smallest absolute Gasteiger partial charge is 0.233 e. The Balaban J connectivity index is 2.80. The van der Waals surface area contributed by atoms with E-state index in [2.05, 4.69) is 10.5 Å². The van der Waals surface area contributed by atoms with Gasteiger partial charge in [-0.2, -0.15) is 0 Å². The molecule has 0 bridgehead atoms. The molecular weight excluding hydrogens is 282 g/mol. The number of amidine groups is 1. The number of rotatable bonds is 5. The Bertz CT molecular complexity index is 465.